The molecular weight excluding hydrogens is 394 g/mol. The van der Waals surface area contributed by atoms with E-state index < -0.39 is 14.9 Å². The van der Waals surface area contributed by atoms with E-state index in [1.54, 1.807) is 12.3 Å². The van der Waals surface area contributed by atoms with Crippen LogP contribution in [-0.2, 0) is 10.0 Å². The third-order valence-corrected chi connectivity index (χ3v) is 7.63. The van der Waals surface area contributed by atoms with E-state index in [9.17, 15) is 18.5 Å². The predicted octanol–water partition coefficient (Wildman–Crippen LogP) is 2.81. The normalized spacial score (nSPS) is 21.2. The van der Waals surface area contributed by atoms with Gasteiger partial charge < -0.3 is 4.90 Å². The lowest BCUT2D eigenvalue weighted by Gasteiger charge is -2.34. The Balaban J connectivity index is 1.63. The molecule has 0 spiro atoms. The van der Waals surface area contributed by atoms with E-state index >= 15 is 0 Å². The maximum Gasteiger partial charge on any atom is 0.293 e. The summed E-state index contributed by atoms with van der Waals surface area (Å²) in [6.45, 7) is 2.22. The molecule has 0 radical (unpaired) electrons. The molecule has 2 aliphatic heterocycles. The topological polar surface area (TPSA) is 102 Å². The molecule has 10 heteroatoms. The number of hydrogen-bond donors (Lipinski definition) is 0. The quantitative estimate of drug-likeness (QED) is 0.546. The van der Waals surface area contributed by atoms with Gasteiger partial charge in [-0.3, -0.25) is 14.8 Å². The van der Waals surface area contributed by atoms with Gasteiger partial charge in [-0.05, 0) is 43.9 Å². The number of nitro groups is 1. The molecule has 0 bridgehead atoms. The maximum atomic E-state index is 12.9. The van der Waals surface area contributed by atoms with Gasteiger partial charge in [0.05, 0.1) is 15.9 Å². The van der Waals surface area contributed by atoms with E-state index in [2.05, 4.69) is 5.10 Å². The lowest BCUT2D eigenvalue weighted by molar-refractivity contribution is -0.384. The molecular formula is C19H25N5O4S. The minimum absolute atomic E-state index is 0.00418. The van der Waals surface area contributed by atoms with E-state index in [0.717, 1.165) is 32.1 Å². The largest absolute Gasteiger partial charge is 0.364 e. The van der Waals surface area contributed by atoms with Crippen molar-refractivity contribution in [2.24, 2.45) is 0 Å². The third kappa shape index (κ3) is 3.99. The summed E-state index contributed by atoms with van der Waals surface area (Å²) in [5.41, 5.74) is 0.300. The van der Waals surface area contributed by atoms with Crippen LogP contribution in [0.3, 0.4) is 0 Å². The first kappa shape index (κ1) is 19.8. The zero-order valence-corrected chi connectivity index (χ0v) is 17.0. The first-order valence-electron chi connectivity index (χ1n) is 9.99. The number of nitrogens with zero attached hydrogens (tertiary/aromatic N) is 5. The van der Waals surface area contributed by atoms with E-state index in [1.165, 1.54) is 16.4 Å². The van der Waals surface area contributed by atoms with Gasteiger partial charge in [0.1, 0.15) is 5.69 Å². The number of piperidine rings is 2. The van der Waals surface area contributed by atoms with E-state index in [4.69, 9.17) is 0 Å². The lowest BCUT2D eigenvalue weighted by Crippen LogP contribution is -2.37. The SMILES string of the molecule is O=[N+]([O-])c1cc(S(=O)(=O)N2CCCCC2)ccc1N1CCCC(n2cccn2)C1. The van der Waals surface area contributed by atoms with Gasteiger partial charge in [0.25, 0.3) is 5.69 Å². The van der Waals surface area contributed by atoms with Crippen molar-refractivity contribution in [2.45, 2.75) is 43.0 Å². The summed E-state index contributed by atoms with van der Waals surface area (Å²) in [4.78, 5) is 13.3. The van der Waals surface area contributed by atoms with Crippen LogP contribution in [0.15, 0.2) is 41.6 Å². The Labute approximate surface area is 170 Å². The van der Waals surface area contributed by atoms with Gasteiger partial charge in [-0.1, -0.05) is 6.42 Å². The van der Waals surface area contributed by atoms with Crippen LogP contribution in [-0.4, -0.2) is 53.6 Å². The highest BCUT2D eigenvalue weighted by atomic mass is 32.2. The first-order chi connectivity index (χ1) is 14.0. The van der Waals surface area contributed by atoms with Gasteiger partial charge in [-0.15, -0.1) is 0 Å². The highest BCUT2D eigenvalue weighted by Gasteiger charge is 2.31. The number of aromatic nitrogens is 2. The molecule has 0 amide bonds. The smallest absolute Gasteiger partial charge is 0.293 e. The van der Waals surface area contributed by atoms with E-state index in [-0.39, 0.29) is 16.6 Å². The zero-order valence-electron chi connectivity index (χ0n) is 16.2. The minimum Gasteiger partial charge on any atom is -0.364 e. The monoisotopic (exact) mass is 419 g/mol. The standard InChI is InChI=1S/C19H25N5O4S/c25-24(26)19-14-17(29(27,28)22-11-2-1-3-12-22)7-8-18(19)21-10-4-6-16(15-21)23-13-5-9-20-23/h5,7-9,13-14,16H,1-4,6,10-12,15H2. The molecule has 1 aromatic carbocycles. The average Bonchev–Trinajstić information content (AvgIpc) is 3.29. The Morgan fingerprint density at radius 2 is 1.90 bits per heavy atom. The summed E-state index contributed by atoms with van der Waals surface area (Å²) < 4.78 is 29.2. The summed E-state index contributed by atoms with van der Waals surface area (Å²) in [6, 6.07) is 6.30. The molecule has 1 aromatic heterocycles. The fourth-order valence-electron chi connectivity index (χ4n) is 4.22. The van der Waals surface area contributed by atoms with Gasteiger partial charge in [-0.25, -0.2) is 8.42 Å². The summed E-state index contributed by atoms with van der Waals surface area (Å²) in [5, 5.41) is 16.1. The number of rotatable bonds is 5. The van der Waals surface area contributed by atoms with E-state index in [0.29, 0.717) is 31.9 Å². The van der Waals surface area contributed by atoms with Crippen LogP contribution < -0.4 is 4.90 Å². The fourth-order valence-corrected chi connectivity index (χ4v) is 5.76. The van der Waals surface area contributed by atoms with Crippen molar-refractivity contribution in [3.8, 4) is 0 Å². The van der Waals surface area contributed by atoms with Gasteiger partial charge in [0, 0.05) is 44.6 Å². The Bertz CT molecular complexity index is 970. The van der Waals surface area contributed by atoms with Gasteiger partial charge in [0.2, 0.25) is 10.0 Å². The molecule has 156 valence electrons. The predicted molar refractivity (Wildman–Crippen MR) is 108 cm³/mol. The molecule has 2 aliphatic rings. The van der Waals surface area contributed by atoms with Crippen molar-refractivity contribution >= 4 is 21.4 Å². The number of anilines is 1. The summed E-state index contributed by atoms with van der Waals surface area (Å²) in [6.07, 6.45) is 8.11. The maximum absolute atomic E-state index is 12.9. The second-order valence-electron chi connectivity index (χ2n) is 7.60. The molecule has 2 aromatic rings. The third-order valence-electron chi connectivity index (χ3n) is 5.73. The lowest BCUT2D eigenvalue weighted by atomic mass is 10.0. The number of sulfonamides is 1. The highest BCUT2D eigenvalue weighted by molar-refractivity contribution is 7.89. The highest BCUT2D eigenvalue weighted by Crippen LogP contribution is 2.35. The van der Waals surface area contributed by atoms with Crippen LogP contribution in [0.5, 0.6) is 0 Å². The number of nitro benzene ring substituents is 1. The zero-order chi connectivity index (χ0) is 20.4. The van der Waals surface area contributed by atoms with Crippen LogP contribution in [0.1, 0.15) is 38.1 Å². The van der Waals surface area contributed by atoms with Gasteiger partial charge in [-0.2, -0.15) is 9.40 Å². The number of benzene rings is 1. The van der Waals surface area contributed by atoms with Crippen LogP contribution in [0.2, 0.25) is 0 Å². The number of hydrogen-bond acceptors (Lipinski definition) is 6. The second-order valence-corrected chi connectivity index (χ2v) is 9.54. The molecule has 0 N–H and O–H groups in total. The summed E-state index contributed by atoms with van der Waals surface area (Å²) in [5.74, 6) is 0. The Hall–Kier alpha value is -2.46. The molecule has 29 heavy (non-hydrogen) atoms. The van der Waals surface area contributed by atoms with Gasteiger partial charge in [0.15, 0.2) is 0 Å². The molecule has 3 heterocycles. The van der Waals surface area contributed by atoms with E-state index in [1.807, 2.05) is 21.8 Å². The Kier molecular flexibility index (Phi) is 5.55. The molecule has 2 saturated heterocycles. The van der Waals surface area contributed by atoms with Crippen LogP contribution in [0, 0.1) is 10.1 Å². The molecule has 0 aliphatic carbocycles. The van der Waals surface area contributed by atoms with Crippen LogP contribution in [0.4, 0.5) is 11.4 Å². The van der Waals surface area contributed by atoms with Crippen LogP contribution >= 0.6 is 0 Å². The molecule has 1 atom stereocenters. The second kappa shape index (κ2) is 8.11. The molecule has 9 nitrogen and oxygen atoms in total. The molecule has 1 unspecified atom stereocenters. The molecule has 2 fully saturated rings. The Morgan fingerprint density at radius 3 is 2.59 bits per heavy atom. The average molecular weight is 420 g/mol. The van der Waals surface area contributed by atoms with Crippen molar-refractivity contribution in [1.82, 2.24) is 14.1 Å². The summed E-state index contributed by atoms with van der Waals surface area (Å²) in [7, 11) is -3.72. The summed E-state index contributed by atoms with van der Waals surface area (Å²) >= 11 is 0. The van der Waals surface area contributed by atoms with Crippen molar-refractivity contribution in [2.75, 3.05) is 31.1 Å². The van der Waals surface area contributed by atoms with Crippen molar-refractivity contribution in [3.63, 3.8) is 0 Å². The molecule has 0 saturated carbocycles. The molecule has 4 rings (SSSR count). The Morgan fingerprint density at radius 1 is 1.10 bits per heavy atom. The van der Waals surface area contributed by atoms with Gasteiger partial charge >= 0.3 is 0 Å². The van der Waals surface area contributed by atoms with Crippen molar-refractivity contribution in [3.05, 3.63) is 46.8 Å². The first-order valence-corrected chi connectivity index (χ1v) is 11.4. The van der Waals surface area contributed by atoms with Crippen molar-refractivity contribution < 1.29 is 13.3 Å². The van der Waals surface area contributed by atoms with Crippen molar-refractivity contribution in [1.29, 1.82) is 0 Å². The minimum atomic E-state index is -3.72. The fraction of sp³-hybridized carbons (Fsp3) is 0.526. The van der Waals surface area contributed by atoms with Crippen LogP contribution in [0.25, 0.3) is 0 Å².